The molecule has 1 heteroatoms. The molecule has 0 aromatic heterocycles. The molecule has 1 aromatic carbocycles. The number of rotatable bonds is 1. The molecule has 0 saturated carbocycles. The molecule has 0 radical (unpaired) electrons. The predicted octanol–water partition coefficient (Wildman–Crippen LogP) is 3.54. The highest BCUT2D eigenvalue weighted by molar-refractivity contribution is 5.36. The first kappa shape index (κ1) is 10.7. The number of nitrogens with two attached hydrogens (primary N) is 1. The molecule has 1 aliphatic carbocycles. The largest absolute Gasteiger partial charge is 0.324 e. The second kappa shape index (κ2) is 4.36. The molecule has 0 fully saturated rings. The van der Waals surface area contributed by atoms with E-state index in [1.807, 2.05) is 0 Å². The van der Waals surface area contributed by atoms with Crippen LogP contribution in [0.25, 0.3) is 0 Å². The van der Waals surface area contributed by atoms with Gasteiger partial charge in [-0.15, -0.1) is 0 Å². The maximum absolute atomic E-state index is 6.22. The molecule has 0 bridgehead atoms. The summed E-state index contributed by atoms with van der Waals surface area (Å²) in [6.07, 6.45) is 4.92. The van der Waals surface area contributed by atoms with Gasteiger partial charge in [-0.3, -0.25) is 0 Å². The Morgan fingerprint density at radius 1 is 1.27 bits per heavy atom. The van der Waals surface area contributed by atoms with E-state index in [4.69, 9.17) is 5.73 Å². The van der Waals surface area contributed by atoms with Crippen LogP contribution >= 0.6 is 0 Å². The summed E-state index contributed by atoms with van der Waals surface area (Å²) < 4.78 is 0. The Kier molecular flexibility index (Phi) is 3.11. The van der Waals surface area contributed by atoms with Gasteiger partial charge in [0.2, 0.25) is 0 Å². The summed E-state index contributed by atoms with van der Waals surface area (Å²) in [5, 5.41) is 0. The van der Waals surface area contributed by atoms with Crippen LogP contribution in [0.2, 0.25) is 0 Å². The Balaban J connectivity index is 2.39. The van der Waals surface area contributed by atoms with Gasteiger partial charge in [-0.25, -0.2) is 0 Å². The van der Waals surface area contributed by atoms with Gasteiger partial charge in [0.1, 0.15) is 0 Å². The fourth-order valence-corrected chi connectivity index (χ4v) is 2.38. The van der Waals surface area contributed by atoms with Crippen LogP contribution in [0.4, 0.5) is 0 Å². The third kappa shape index (κ3) is 2.23. The van der Waals surface area contributed by atoms with Gasteiger partial charge in [-0.1, -0.05) is 38.5 Å². The maximum Gasteiger partial charge on any atom is 0.0297 e. The van der Waals surface area contributed by atoms with Crippen LogP contribution in [0.5, 0.6) is 0 Å². The van der Waals surface area contributed by atoms with Gasteiger partial charge < -0.3 is 5.73 Å². The van der Waals surface area contributed by atoms with Gasteiger partial charge in [0.25, 0.3) is 0 Å². The highest BCUT2D eigenvalue weighted by atomic mass is 14.6. The molecule has 15 heavy (non-hydrogen) atoms. The smallest absolute Gasteiger partial charge is 0.0297 e. The predicted molar refractivity (Wildman–Crippen MR) is 65.0 cm³/mol. The van der Waals surface area contributed by atoms with E-state index in [2.05, 4.69) is 32.0 Å². The van der Waals surface area contributed by atoms with Crippen molar-refractivity contribution in [2.24, 2.45) is 5.73 Å². The van der Waals surface area contributed by atoms with E-state index in [0.717, 1.165) is 6.42 Å². The van der Waals surface area contributed by atoms with E-state index < -0.39 is 0 Å². The lowest BCUT2D eigenvalue weighted by Crippen LogP contribution is -2.11. The normalized spacial score (nSPS) is 21.2. The van der Waals surface area contributed by atoms with Gasteiger partial charge in [0.05, 0.1) is 0 Å². The fraction of sp³-hybridized carbons (Fsp3) is 0.571. The van der Waals surface area contributed by atoms with Crippen molar-refractivity contribution in [2.45, 2.75) is 51.5 Å². The van der Waals surface area contributed by atoms with E-state index in [0.29, 0.717) is 5.92 Å². The summed E-state index contributed by atoms with van der Waals surface area (Å²) in [7, 11) is 0. The van der Waals surface area contributed by atoms with Crippen LogP contribution in [-0.2, 0) is 6.42 Å². The average Bonchev–Trinajstić information content (AvgIpc) is 2.40. The lowest BCUT2D eigenvalue weighted by atomic mass is 9.93. The van der Waals surface area contributed by atoms with E-state index in [1.165, 1.54) is 36.0 Å². The van der Waals surface area contributed by atoms with Crippen LogP contribution in [0.3, 0.4) is 0 Å². The number of aryl methyl sites for hydroxylation is 1. The minimum Gasteiger partial charge on any atom is -0.324 e. The molecule has 0 unspecified atom stereocenters. The second-order valence-corrected chi connectivity index (χ2v) is 4.97. The zero-order valence-corrected chi connectivity index (χ0v) is 9.79. The summed E-state index contributed by atoms with van der Waals surface area (Å²) >= 11 is 0. The molecular weight excluding hydrogens is 182 g/mol. The van der Waals surface area contributed by atoms with E-state index >= 15 is 0 Å². The first-order valence-electron chi connectivity index (χ1n) is 6.07. The highest BCUT2D eigenvalue weighted by Crippen LogP contribution is 2.29. The van der Waals surface area contributed by atoms with Crippen molar-refractivity contribution in [3.63, 3.8) is 0 Å². The molecule has 2 rings (SSSR count). The number of hydrogen-bond donors (Lipinski definition) is 1. The topological polar surface area (TPSA) is 26.0 Å². The summed E-state index contributed by atoms with van der Waals surface area (Å²) in [6.45, 7) is 4.48. The lowest BCUT2D eigenvalue weighted by Gasteiger charge is -2.15. The molecule has 82 valence electrons. The van der Waals surface area contributed by atoms with Gasteiger partial charge in [0, 0.05) is 6.04 Å². The molecule has 2 N–H and O–H groups in total. The summed E-state index contributed by atoms with van der Waals surface area (Å²) in [5.41, 5.74) is 10.5. The number of benzene rings is 1. The maximum atomic E-state index is 6.22. The Bertz CT molecular complexity index is 341. The molecule has 0 spiro atoms. The van der Waals surface area contributed by atoms with Crippen molar-refractivity contribution in [2.75, 3.05) is 0 Å². The standard InChI is InChI=1S/C14H21N/c1-10(2)12-8-7-11-5-3-4-6-14(15)13(11)9-12/h7-10,14H,3-6,15H2,1-2H3/t14-/m1/s1. The highest BCUT2D eigenvalue weighted by Gasteiger charge is 2.15. The minimum atomic E-state index is 0.265. The van der Waals surface area contributed by atoms with Crippen molar-refractivity contribution in [3.8, 4) is 0 Å². The van der Waals surface area contributed by atoms with Crippen molar-refractivity contribution in [3.05, 3.63) is 34.9 Å². The van der Waals surface area contributed by atoms with Crippen molar-refractivity contribution >= 4 is 0 Å². The first-order valence-corrected chi connectivity index (χ1v) is 6.07. The molecule has 1 aromatic rings. The van der Waals surface area contributed by atoms with Crippen LogP contribution in [-0.4, -0.2) is 0 Å². The average molecular weight is 203 g/mol. The number of hydrogen-bond acceptors (Lipinski definition) is 1. The van der Waals surface area contributed by atoms with Crippen LogP contribution < -0.4 is 5.73 Å². The molecule has 0 aliphatic heterocycles. The van der Waals surface area contributed by atoms with Gasteiger partial charge >= 0.3 is 0 Å². The van der Waals surface area contributed by atoms with E-state index in [9.17, 15) is 0 Å². The summed E-state index contributed by atoms with van der Waals surface area (Å²) in [6, 6.07) is 7.15. The Morgan fingerprint density at radius 2 is 2.07 bits per heavy atom. The lowest BCUT2D eigenvalue weighted by molar-refractivity contribution is 0.614. The van der Waals surface area contributed by atoms with Gasteiger partial charge in [-0.05, 0) is 41.9 Å². The van der Waals surface area contributed by atoms with Crippen LogP contribution in [0, 0.1) is 0 Å². The Hall–Kier alpha value is -0.820. The summed E-state index contributed by atoms with van der Waals surface area (Å²) in [4.78, 5) is 0. The minimum absolute atomic E-state index is 0.265. The monoisotopic (exact) mass is 203 g/mol. The number of fused-ring (bicyclic) bond motifs is 1. The Morgan fingerprint density at radius 3 is 2.80 bits per heavy atom. The quantitative estimate of drug-likeness (QED) is 0.694. The van der Waals surface area contributed by atoms with Crippen LogP contribution in [0.15, 0.2) is 18.2 Å². The summed E-state index contributed by atoms with van der Waals surface area (Å²) in [5.74, 6) is 0.603. The molecule has 1 atom stereocenters. The van der Waals surface area contributed by atoms with E-state index in [1.54, 1.807) is 0 Å². The molecule has 0 amide bonds. The van der Waals surface area contributed by atoms with Crippen molar-refractivity contribution in [1.29, 1.82) is 0 Å². The molecule has 1 aliphatic rings. The van der Waals surface area contributed by atoms with Crippen molar-refractivity contribution < 1.29 is 0 Å². The third-order valence-electron chi connectivity index (χ3n) is 3.45. The Labute approximate surface area is 92.7 Å². The first-order chi connectivity index (χ1) is 7.18. The molecule has 1 nitrogen and oxygen atoms in total. The zero-order valence-electron chi connectivity index (χ0n) is 9.79. The van der Waals surface area contributed by atoms with Gasteiger partial charge in [-0.2, -0.15) is 0 Å². The van der Waals surface area contributed by atoms with Crippen LogP contribution in [0.1, 0.15) is 61.8 Å². The third-order valence-corrected chi connectivity index (χ3v) is 3.45. The molecule has 0 heterocycles. The SMILES string of the molecule is CC(C)c1ccc2c(c1)[C@H](N)CCCC2. The second-order valence-electron chi connectivity index (χ2n) is 4.97. The van der Waals surface area contributed by atoms with Crippen molar-refractivity contribution in [1.82, 2.24) is 0 Å². The zero-order chi connectivity index (χ0) is 10.8. The molecule has 0 saturated heterocycles. The molecular formula is C14H21N. The van der Waals surface area contributed by atoms with E-state index in [-0.39, 0.29) is 6.04 Å². The van der Waals surface area contributed by atoms with Gasteiger partial charge in [0.15, 0.2) is 0 Å². The fourth-order valence-electron chi connectivity index (χ4n) is 2.38.